The minimum absolute atomic E-state index is 0.290. The molecule has 0 N–H and O–H groups in total. The predicted molar refractivity (Wildman–Crippen MR) is 72.3 cm³/mol. The van der Waals surface area contributed by atoms with E-state index in [-0.39, 0.29) is 5.92 Å². The first kappa shape index (κ1) is 12.0. The zero-order valence-corrected chi connectivity index (χ0v) is 11.4. The van der Waals surface area contributed by atoms with Gasteiger partial charge in [-0.15, -0.1) is 0 Å². The van der Waals surface area contributed by atoms with Gasteiger partial charge in [0.05, 0.1) is 0 Å². The molecule has 0 radical (unpaired) electrons. The number of rotatable bonds is 4. The molecule has 3 heteroatoms. The first-order valence-corrected chi connectivity index (χ1v) is 7.08. The lowest BCUT2D eigenvalue weighted by Crippen LogP contribution is -2.34. The van der Waals surface area contributed by atoms with Crippen molar-refractivity contribution < 1.29 is 4.79 Å². The summed E-state index contributed by atoms with van der Waals surface area (Å²) in [7, 11) is 0. The maximum absolute atomic E-state index is 12.4. The van der Waals surface area contributed by atoms with Crippen molar-refractivity contribution in [3.05, 3.63) is 34.9 Å². The van der Waals surface area contributed by atoms with Crippen molar-refractivity contribution in [1.29, 1.82) is 0 Å². The molecule has 96 valence electrons. The van der Waals surface area contributed by atoms with E-state index in [1.165, 1.54) is 18.4 Å². The number of nitrogens with zero attached hydrogens (tertiary/aromatic N) is 1. The highest BCUT2D eigenvalue weighted by molar-refractivity contribution is 6.30. The SMILES string of the molecule is CC1CC1C(=O)N(Cc1ccc(Cl)cc1)C1CC1. The summed E-state index contributed by atoms with van der Waals surface area (Å²) < 4.78 is 0. The normalized spacial score (nSPS) is 25.9. The van der Waals surface area contributed by atoms with Gasteiger partial charge in [0.1, 0.15) is 0 Å². The van der Waals surface area contributed by atoms with Crippen LogP contribution < -0.4 is 0 Å². The topological polar surface area (TPSA) is 20.3 Å². The zero-order chi connectivity index (χ0) is 12.7. The van der Waals surface area contributed by atoms with Crippen LogP contribution >= 0.6 is 11.6 Å². The Balaban J connectivity index is 1.70. The second-order valence-corrected chi connectivity index (χ2v) is 6.08. The molecule has 2 atom stereocenters. The number of carbonyl (C=O) groups excluding carboxylic acids is 1. The van der Waals surface area contributed by atoms with Crippen molar-refractivity contribution in [2.24, 2.45) is 11.8 Å². The summed E-state index contributed by atoms with van der Waals surface area (Å²) >= 11 is 5.88. The van der Waals surface area contributed by atoms with Gasteiger partial charge >= 0.3 is 0 Å². The molecule has 18 heavy (non-hydrogen) atoms. The number of amides is 1. The number of hydrogen-bond donors (Lipinski definition) is 0. The Hall–Kier alpha value is -1.02. The molecule has 0 heterocycles. The molecule has 2 aliphatic rings. The predicted octanol–water partition coefficient (Wildman–Crippen LogP) is 3.49. The van der Waals surface area contributed by atoms with Gasteiger partial charge in [-0.25, -0.2) is 0 Å². The van der Waals surface area contributed by atoms with E-state index in [0.717, 1.165) is 18.0 Å². The molecule has 1 amide bonds. The Labute approximate surface area is 113 Å². The molecule has 2 unspecified atom stereocenters. The second kappa shape index (κ2) is 4.58. The van der Waals surface area contributed by atoms with Crippen molar-refractivity contribution in [3.8, 4) is 0 Å². The Kier molecular flexibility index (Phi) is 3.06. The molecule has 0 aliphatic heterocycles. The van der Waals surface area contributed by atoms with Crippen LogP contribution in [0.1, 0.15) is 31.7 Å². The summed E-state index contributed by atoms with van der Waals surface area (Å²) in [5.74, 6) is 1.24. The van der Waals surface area contributed by atoms with E-state index in [1.54, 1.807) is 0 Å². The minimum Gasteiger partial charge on any atom is -0.335 e. The van der Waals surface area contributed by atoms with Crippen LogP contribution in [0.3, 0.4) is 0 Å². The average molecular weight is 264 g/mol. The number of benzene rings is 1. The molecule has 2 aliphatic carbocycles. The standard InChI is InChI=1S/C15H18ClNO/c1-10-8-14(10)15(18)17(13-6-7-13)9-11-2-4-12(16)5-3-11/h2-5,10,13-14H,6-9H2,1H3. The third-order valence-electron chi connectivity index (χ3n) is 3.96. The lowest BCUT2D eigenvalue weighted by Gasteiger charge is -2.22. The maximum atomic E-state index is 12.4. The Morgan fingerprint density at radius 3 is 2.44 bits per heavy atom. The fourth-order valence-corrected chi connectivity index (χ4v) is 2.56. The summed E-state index contributed by atoms with van der Waals surface area (Å²) in [5.41, 5.74) is 1.17. The van der Waals surface area contributed by atoms with E-state index in [9.17, 15) is 4.79 Å². The Bertz CT molecular complexity index is 452. The summed E-state index contributed by atoms with van der Waals surface area (Å²) in [4.78, 5) is 14.4. The van der Waals surface area contributed by atoms with Crippen LogP contribution in [0.25, 0.3) is 0 Å². The van der Waals surface area contributed by atoms with E-state index in [2.05, 4.69) is 11.8 Å². The third kappa shape index (κ3) is 2.54. The summed E-state index contributed by atoms with van der Waals surface area (Å²) in [6.07, 6.45) is 3.41. The lowest BCUT2D eigenvalue weighted by molar-refractivity contribution is -0.134. The molecule has 2 saturated carbocycles. The van der Waals surface area contributed by atoms with E-state index in [1.807, 2.05) is 24.3 Å². The van der Waals surface area contributed by atoms with E-state index in [4.69, 9.17) is 11.6 Å². The highest BCUT2D eigenvalue weighted by atomic mass is 35.5. The molecule has 3 rings (SSSR count). The summed E-state index contributed by atoms with van der Waals surface area (Å²) in [6.45, 7) is 2.90. The molecule has 0 spiro atoms. The fraction of sp³-hybridized carbons (Fsp3) is 0.533. The van der Waals surface area contributed by atoms with Crippen LogP contribution in [0.5, 0.6) is 0 Å². The highest BCUT2D eigenvalue weighted by Gasteiger charge is 2.44. The second-order valence-electron chi connectivity index (χ2n) is 5.64. The van der Waals surface area contributed by atoms with Gasteiger partial charge in [0, 0.05) is 23.5 Å². The summed E-state index contributed by atoms with van der Waals surface area (Å²) in [6, 6.07) is 8.31. The van der Waals surface area contributed by atoms with Crippen molar-refractivity contribution in [3.63, 3.8) is 0 Å². The molecular weight excluding hydrogens is 246 g/mol. The van der Waals surface area contributed by atoms with E-state index < -0.39 is 0 Å². The lowest BCUT2D eigenvalue weighted by atomic mass is 10.2. The van der Waals surface area contributed by atoms with Gasteiger partial charge in [-0.2, -0.15) is 0 Å². The minimum atomic E-state index is 0.290. The van der Waals surface area contributed by atoms with Crippen molar-refractivity contribution in [2.75, 3.05) is 0 Å². The molecule has 0 aromatic heterocycles. The van der Waals surface area contributed by atoms with Crippen LogP contribution in [0.2, 0.25) is 5.02 Å². The van der Waals surface area contributed by atoms with Gasteiger partial charge in [0.15, 0.2) is 0 Å². The van der Waals surface area contributed by atoms with Crippen molar-refractivity contribution in [2.45, 2.75) is 38.8 Å². The van der Waals surface area contributed by atoms with E-state index in [0.29, 0.717) is 17.9 Å². The number of hydrogen-bond acceptors (Lipinski definition) is 1. The first-order valence-electron chi connectivity index (χ1n) is 6.70. The largest absolute Gasteiger partial charge is 0.335 e. The van der Waals surface area contributed by atoms with Gasteiger partial charge in [-0.05, 0) is 42.9 Å². The first-order chi connectivity index (χ1) is 8.65. The molecule has 1 aromatic rings. The van der Waals surface area contributed by atoms with Gasteiger partial charge in [0.25, 0.3) is 0 Å². The van der Waals surface area contributed by atoms with Crippen LogP contribution in [-0.2, 0) is 11.3 Å². The number of halogens is 1. The monoisotopic (exact) mass is 263 g/mol. The van der Waals surface area contributed by atoms with Crippen LogP contribution in [-0.4, -0.2) is 16.8 Å². The summed E-state index contributed by atoms with van der Waals surface area (Å²) in [5, 5.41) is 0.749. The average Bonchev–Trinajstić information content (AvgIpc) is 3.23. The van der Waals surface area contributed by atoms with Gasteiger partial charge in [-0.1, -0.05) is 30.7 Å². The van der Waals surface area contributed by atoms with Gasteiger partial charge < -0.3 is 4.90 Å². The van der Waals surface area contributed by atoms with Crippen LogP contribution in [0.15, 0.2) is 24.3 Å². The molecular formula is C15H18ClNO. The highest BCUT2D eigenvalue weighted by Crippen LogP contribution is 2.42. The maximum Gasteiger partial charge on any atom is 0.226 e. The van der Waals surface area contributed by atoms with Crippen molar-refractivity contribution >= 4 is 17.5 Å². The quantitative estimate of drug-likeness (QED) is 0.814. The third-order valence-corrected chi connectivity index (χ3v) is 4.22. The Morgan fingerprint density at radius 1 is 1.33 bits per heavy atom. The fourth-order valence-electron chi connectivity index (χ4n) is 2.44. The van der Waals surface area contributed by atoms with Crippen LogP contribution in [0, 0.1) is 11.8 Å². The molecule has 0 bridgehead atoms. The van der Waals surface area contributed by atoms with Crippen molar-refractivity contribution in [1.82, 2.24) is 4.90 Å². The van der Waals surface area contributed by atoms with Gasteiger partial charge in [-0.3, -0.25) is 4.79 Å². The smallest absolute Gasteiger partial charge is 0.226 e. The van der Waals surface area contributed by atoms with Crippen LogP contribution in [0.4, 0.5) is 0 Å². The van der Waals surface area contributed by atoms with Gasteiger partial charge in [0.2, 0.25) is 5.91 Å². The number of carbonyl (C=O) groups is 1. The zero-order valence-electron chi connectivity index (χ0n) is 10.6. The molecule has 2 fully saturated rings. The Morgan fingerprint density at radius 2 is 1.94 bits per heavy atom. The molecule has 1 aromatic carbocycles. The molecule has 0 saturated heterocycles. The van der Waals surface area contributed by atoms with E-state index >= 15 is 0 Å². The molecule has 2 nitrogen and oxygen atoms in total.